The van der Waals surface area contributed by atoms with Gasteiger partial charge < -0.3 is 19.9 Å². The van der Waals surface area contributed by atoms with Gasteiger partial charge in [0.1, 0.15) is 12.4 Å². The zero-order valence-corrected chi connectivity index (χ0v) is 19.3. The summed E-state index contributed by atoms with van der Waals surface area (Å²) in [5.41, 5.74) is 1.68. The van der Waals surface area contributed by atoms with Crippen LogP contribution in [0.4, 0.5) is 10.1 Å². The van der Waals surface area contributed by atoms with Gasteiger partial charge >= 0.3 is 5.97 Å². The van der Waals surface area contributed by atoms with Crippen LogP contribution in [-0.4, -0.2) is 18.2 Å². The van der Waals surface area contributed by atoms with Crippen LogP contribution in [0.25, 0.3) is 0 Å². The molecule has 0 atom stereocenters. The van der Waals surface area contributed by atoms with Gasteiger partial charge in [0, 0.05) is 12.1 Å². The molecule has 0 aliphatic carbocycles. The predicted octanol–water partition coefficient (Wildman–Crippen LogP) is 6.79. The molecule has 0 fully saturated rings. The number of methoxy groups -OCH3 is 1. The Kier molecular flexibility index (Phi) is 7.64. The average Bonchev–Trinajstić information content (AvgIpc) is 2.73. The van der Waals surface area contributed by atoms with Crippen molar-refractivity contribution in [2.45, 2.75) is 13.2 Å². The van der Waals surface area contributed by atoms with E-state index in [-0.39, 0.29) is 22.8 Å². The van der Waals surface area contributed by atoms with Crippen LogP contribution >= 0.6 is 39.1 Å². The molecule has 3 aromatic carbocycles. The molecule has 0 heterocycles. The first-order chi connectivity index (χ1) is 14.8. The van der Waals surface area contributed by atoms with Crippen molar-refractivity contribution in [3.63, 3.8) is 0 Å². The van der Waals surface area contributed by atoms with Crippen molar-refractivity contribution >= 4 is 50.8 Å². The highest BCUT2D eigenvalue weighted by Crippen LogP contribution is 2.38. The van der Waals surface area contributed by atoms with Gasteiger partial charge in [0.2, 0.25) is 0 Å². The molecule has 0 saturated heterocycles. The summed E-state index contributed by atoms with van der Waals surface area (Å²) < 4.78 is 25.8. The second-order valence-corrected chi connectivity index (χ2v) is 8.12. The smallest absolute Gasteiger partial charge is 0.335 e. The van der Waals surface area contributed by atoms with Crippen molar-refractivity contribution in [3.05, 3.63) is 85.6 Å². The van der Waals surface area contributed by atoms with E-state index in [0.29, 0.717) is 33.2 Å². The molecular weight excluding hydrogens is 512 g/mol. The van der Waals surface area contributed by atoms with Crippen molar-refractivity contribution in [2.75, 3.05) is 12.4 Å². The van der Waals surface area contributed by atoms with Gasteiger partial charge in [-0.3, -0.25) is 0 Å². The van der Waals surface area contributed by atoms with Crippen molar-refractivity contribution in [1.82, 2.24) is 0 Å². The van der Waals surface area contributed by atoms with Crippen LogP contribution in [-0.2, 0) is 13.2 Å². The minimum atomic E-state index is -1.04. The van der Waals surface area contributed by atoms with E-state index in [9.17, 15) is 9.18 Å². The molecule has 5 nitrogen and oxygen atoms in total. The first kappa shape index (κ1) is 23.2. The number of halogens is 4. The molecule has 0 unspecified atom stereocenters. The molecule has 0 spiro atoms. The summed E-state index contributed by atoms with van der Waals surface area (Å²) >= 11 is 15.7. The Labute approximate surface area is 196 Å². The van der Waals surface area contributed by atoms with Crippen molar-refractivity contribution in [3.8, 4) is 11.5 Å². The fraction of sp³-hybridized carbons (Fsp3) is 0.136. The maximum atomic E-state index is 14.0. The van der Waals surface area contributed by atoms with Gasteiger partial charge in [-0.05, 0) is 64.0 Å². The van der Waals surface area contributed by atoms with Gasteiger partial charge in [-0.1, -0.05) is 29.3 Å². The Bertz CT molecular complexity index is 1110. The fourth-order valence-corrected chi connectivity index (χ4v) is 3.83. The quantitative estimate of drug-likeness (QED) is 0.337. The maximum Gasteiger partial charge on any atom is 0.335 e. The van der Waals surface area contributed by atoms with E-state index in [4.69, 9.17) is 37.8 Å². The van der Waals surface area contributed by atoms with E-state index in [0.717, 1.165) is 5.56 Å². The molecule has 162 valence electrons. The predicted molar refractivity (Wildman–Crippen MR) is 122 cm³/mol. The molecule has 0 aromatic heterocycles. The number of hydrogen-bond acceptors (Lipinski definition) is 4. The maximum absolute atomic E-state index is 14.0. The topological polar surface area (TPSA) is 67.8 Å². The second kappa shape index (κ2) is 10.2. The van der Waals surface area contributed by atoms with Crippen molar-refractivity contribution < 1.29 is 23.8 Å². The lowest BCUT2D eigenvalue weighted by atomic mass is 10.1. The normalized spacial score (nSPS) is 10.6. The average molecular weight is 529 g/mol. The van der Waals surface area contributed by atoms with Gasteiger partial charge in [-0.2, -0.15) is 0 Å². The van der Waals surface area contributed by atoms with Crippen LogP contribution in [0.1, 0.15) is 21.5 Å². The fourth-order valence-electron chi connectivity index (χ4n) is 2.82. The molecular formula is C22H17BrCl2FNO4. The Morgan fingerprint density at radius 3 is 2.61 bits per heavy atom. The standard InChI is InChI=1S/C22H17BrCl2FNO4/c1-30-20-8-12(10-27-19-9-13(22(28)29)5-6-17(19)25)7-15(23)21(20)31-11-14-16(24)3-2-4-18(14)26/h2-9,27H,10-11H2,1H3,(H,28,29). The Morgan fingerprint density at radius 1 is 1.16 bits per heavy atom. The Hall–Kier alpha value is -2.48. The third-order valence-corrected chi connectivity index (χ3v) is 5.68. The zero-order valence-electron chi connectivity index (χ0n) is 16.2. The van der Waals surface area contributed by atoms with Crippen LogP contribution < -0.4 is 14.8 Å². The zero-order chi connectivity index (χ0) is 22.5. The molecule has 0 bridgehead atoms. The van der Waals surface area contributed by atoms with Crippen LogP contribution in [0.5, 0.6) is 11.5 Å². The third-order valence-electron chi connectivity index (χ3n) is 4.41. The molecule has 9 heteroatoms. The highest BCUT2D eigenvalue weighted by atomic mass is 79.9. The summed E-state index contributed by atoms with van der Waals surface area (Å²) in [6.45, 7) is 0.271. The van der Waals surface area contributed by atoms with E-state index in [1.165, 1.54) is 37.4 Å². The molecule has 3 aromatic rings. The first-order valence-electron chi connectivity index (χ1n) is 8.99. The Morgan fingerprint density at radius 2 is 1.94 bits per heavy atom. The lowest BCUT2D eigenvalue weighted by Gasteiger charge is -2.16. The number of carboxylic acids is 1. The molecule has 0 amide bonds. The van der Waals surface area contributed by atoms with Crippen molar-refractivity contribution in [2.24, 2.45) is 0 Å². The van der Waals surface area contributed by atoms with Gasteiger partial charge in [0.15, 0.2) is 11.5 Å². The molecule has 2 N–H and O–H groups in total. The highest BCUT2D eigenvalue weighted by Gasteiger charge is 2.15. The lowest BCUT2D eigenvalue weighted by molar-refractivity contribution is 0.0697. The van der Waals surface area contributed by atoms with E-state index in [1.807, 2.05) is 6.07 Å². The molecule has 31 heavy (non-hydrogen) atoms. The van der Waals surface area contributed by atoms with E-state index in [2.05, 4.69) is 21.2 Å². The number of carbonyl (C=O) groups is 1. The summed E-state index contributed by atoms with van der Waals surface area (Å²) in [5.74, 6) is -0.662. The van der Waals surface area contributed by atoms with E-state index < -0.39 is 11.8 Å². The largest absolute Gasteiger partial charge is 0.493 e. The van der Waals surface area contributed by atoms with E-state index in [1.54, 1.807) is 12.1 Å². The molecule has 0 aliphatic heterocycles. The van der Waals surface area contributed by atoms with Crippen LogP contribution in [0.3, 0.4) is 0 Å². The minimum Gasteiger partial charge on any atom is -0.493 e. The first-order valence-corrected chi connectivity index (χ1v) is 10.5. The number of benzene rings is 3. The molecule has 3 rings (SSSR count). The third kappa shape index (κ3) is 5.61. The summed E-state index contributed by atoms with van der Waals surface area (Å²) in [6, 6.07) is 12.4. The SMILES string of the molecule is COc1cc(CNc2cc(C(=O)O)ccc2Cl)cc(Br)c1OCc1c(F)cccc1Cl. The number of ether oxygens (including phenoxy) is 2. The van der Waals surface area contributed by atoms with Gasteiger partial charge in [0.05, 0.1) is 32.9 Å². The number of aromatic carboxylic acids is 1. The van der Waals surface area contributed by atoms with Crippen LogP contribution in [0.15, 0.2) is 53.0 Å². The van der Waals surface area contributed by atoms with Crippen LogP contribution in [0.2, 0.25) is 10.0 Å². The number of hydrogen-bond donors (Lipinski definition) is 2. The molecule has 0 saturated carbocycles. The molecule has 0 radical (unpaired) electrons. The summed E-state index contributed by atoms with van der Waals surface area (Å²) in [6.07, 6.45) is 0. The summed E-state index contributed by atoms with van der Waals surface area (Å²) in [4.78, 5) is 11.2. The van der Waals surface area contributed by atoms with E-state index >= 15 is 0 Å². The van der Waals surface area contributed by atoms with Crippen LogP contribution in [0, 0.1) is 5.82 Å². The number of rotatable bonds is 8. The highest BCUT2D eigenvalue weighted by molar-refractivity contribution is 9.10. The summed E-state index contributed by atoms with van der Waals surface area (Å²) in [7, 11) is 1.50. The minimum absolute atomic E-state index is 0.0738. The van der Waals surface area contributed by atoms with Gasteiger partial charge in [-0.25, -0.2) is 9.18 Å². The second-order valence-electron chi connectivity index (χ2n) is 6.45. The lowest BCUT2D eigenvalue weighted by Crippen LogP contribution is -2.05. The summed E-state index contributed by atoms with van der Waals surface area (Å²) in [5, 5.41) is 12.9. The Balaban J connectivity index is 1.78. The number of carboxylic acid groups (broad SMARTS) is 1. The monoisotopic (exact) mass is 527 g/mol. The number of anilines is 1. The molecule has 0 aliphatic rings. The van der Waals surface area contributed by atoms with Gasteiger partial charge in [0.25, 0.3) is 0 Å². The number of nitrogens with one attached hydrogen (secondary N) is 1. The van der Waals surface area contributed by atoms with Crippen molar-refractivity contribution in [1.29, 1.82) is 0 Å². The van der Waals surface area contributed by atoms with Gasteiger partial charge in [-0.15, -0.1) is 0 Å².